The third-order valence-corrected chi connectivity index (χ3v) is 4.61. The largest absolute Gasteiger partial charge is 0.329 e. The van der Waals surface area contributed by atoms with E-state index < -0.39 is 0 Å². The van der Waals surface area contributed by atoms with Crippen LogP contribution >= 0.6 is 35.0 Å². The predicted octanol–water partition coefficient (Wildman–Crippen LogP) is 4.79. The second kappa shape index (κ2) is 6.48. The van der Waals surface area contributed by atoms with Crippen LogP contribution < -0.4 is 5.73 Å². The fourth-order valence-electron chi connectivity index (χ4n) is 1.62. The van der Waals surface area contributed by atoms with Crippen molar-refractivity contribution in [3.05, 3.63) is 64.1 Å². The molecule has 0 aromatic heterocycles. The average molecular weight is 298 g/mol. The fraction of sp³-hybridized carbons (Fsp3) is 0.143. The van der Waals surface area contributed by atoms with Gasteiger partial charge in [0.05, 0.1) is 5.02 Å². The fourth-order valence-corrected chi connectivity index (χ4v) is 3.05. The van der Waals surface area contributed by atoms with Crippen LogP contribution in [0.25, 0.3) is 0 Å². The molecule has 0 saturated heterocycles. The second-order valence-corrected chi connectivity index (χ2v) is 5.91. The van der Waals surface area contributed by atoms with Gasteiger partial charge in [-0.2, -0.15) is 0 Å². The molecule has 2 N–H and O–H groups in total. The van der Waals surface area contributed by atoms with Crippen molar-refractivity contribution in [2.24, 2.45) is 5.73 Å². The first-order valence-corrected chi connectivity index (χ1v) is 7.21. The highest BCUT2D eigenvalue weighted by molar-refractivity contribution is 7.99. The summed E-state index contributed by atoms with van der Waals surface area (Å²) in [5.41, 5.74) is 7.00. The lowest BCUT2D eigenvalue weighted by atomic mass is 10.1. The Hall–Kier alpha value is -0.670. The van der Waals surface area contributed by atoms with E-state index in [0.717, 1.165) is 20.5 Å². The maximum Gasteiger partial charge on any atom is 0.0542 e. The number of thioether (sulfide) groups is 1. The first kappa shape index (κ1) is 13.8. The Morgan fingerprint density at radius 2 is 1.67 bits per heavy atom. The van der Waals surface area contributed by atoms with E-state index >= 15 is 0 Å². The zero-order valence-electron chi connectivity index (χ0n) is 9.64. The smallest absolute Gasteiger partial charge is 0.0542 e. The van der Waals surface area contributed by atoms with Crippen molar-refractivity contribution in [2.45, 2.75) is 10.1 Å². The Kier molecular flexibility index (Phi) is 4.95. The lowest BCUT2D eigenvalue weighted by Gasteiger charge is -2.15. The Morgan fingerprint density at radius 3 is 2.28 bits per heavy atom. The molecule has 0 bridgehead atoms. The molecule has 0 spiro atoms. The van der Waals surface area contributed by atoms with Gasteiger partial charge in [-0.15, -0.1) is 11.8 Å². The van der Waals surface area contributed by atoms with E-state index in [2.05, 4.69) is 0 Å². The molecule has 94 valence electrons. The van der Waals surface area contributed by atoms with Gasteiger partial charge in [0, 0.05) is 21.7 Å². The van der Waals surface area contributed by atoms with Crippen LogP contribution in [0.1, 0.15) is 10.8 Å². The van der Waals surface area contributed by atoms with Gasteiger partial charge in [0.15, 0.2) is 0 Å². The molecule has 0 aliphatic rings. The van der Waals surface area contributed by atoms with Gasteiger partial charge in [-0.05, 0) is 29.8 Å². The third-order valence-electron chi connectivity index (χ3n) is 2.56. The summed E-state index contributed by atoms with van der Waals surface area (Å²) >= 11 is 13.7. The molecule has 0 heterocycles. The molecule has 2 aromatic carbocycles. The van der Waals surface area contributed by atoms with E-state index in [0.29, 0.717) is 6.54 Å². The van der Waals surface area contributed by atoms with Crippen molar-refractivity contribution < 1.29 is 0 Å². The van der Waals surface area contributed by atoms with Crippen LogP contribution in [0.3, 0.4) is 0 Å². The van der Waals surface area contributed by atoms with Crippen molar-refractivity contribution in [1.82, 2.24) is 0 Å². The normalized spacial score (nSPS) is 12.4. The van der Waals surface area contributed by atoms with Crippen molar-refractivity contribution in [3.8, 4) is 0 Å². The number of hydrogen-bond acceptors (Lipinski definition) is 2. The van der Waals surface area contributed by atoms with E-state index in [1.54, 1.807) is 11.8 Å². The molecule has 0 amide bonds. The van der Waals surface area contributed by atoms with E-state index in [1.807, 2.05) is 48.5 Å². The van der Waals surface area contributed by atoms with Crippen molar-refractivity contribution in [2.75, 3.05) is 6.54 Å². The lowest BCUT2D eigenvalue weighted by molar-refractivity contribution is 0.941. The van der Waals surface area contributed by atoms with Crippen LogP contribution in [-0.2, 0) is 0 Å². The van der Waals surface area contributed by atoms with Gasteiger partial charge in [0.2, 0.25) is 0 Å². The lowest BCUT2D eigenvalue weighted by Crippen LogP contribution is -2.09. The molecule has 0 aliphatic heterocycles. The predicted molar refractivity (Wildman–Crippen MR) is 80.6 cm³/mol. The molecule has 0 saturated carbocycles. The maximum absolute atomic E-state index is 6.16. The van der Waals surface area contributed by atoms with Crippen LogP contribution in [0.15, 0.2) is 53.4 Å². The molecule has 1 unspecified atom stereocenters. The van der Waals surface area contributed by atoms with E-state index in [9.17, 15) is 0 Å². The minimum atomic E-state index is 0.183. The van der Waals surface area contributed by atoms with Gasteiger partial charge in [0.1, 0.15) is 0 Å². The van der Waals surface area contributed by atoms with Gasteiger partial charge in [0.25, 0.3) is 0 Å². The summed E-state index contributed by atoms with van der Waals surface area (Å²) in [5, 5.41) is 1.68. The summed E-state index contributed by atoms with van der Waals surface area (Å²) in [4.78, 5) is 1.05. The average Bonchev–Trinajstić information content (AvgIpc) is 2.39. The summed E-state index contributed by atoms with van der Waals surface area (Å²) < 4.78 is 0. The minimum absolute atomic E-state index is 0.183. The Morgan fingerprint density at radius 1 is 1.00 bits per heavy atom. The van der Waals surface area contributed by atoms with Crippen LogP contribution in [0, 0.1) is 0 Å². The summed E-state index contributed by atoms with van der Waals surface area (Å²) in [7, 11) is 0. The molecule has 0 fully saturated rings. The molecule has 4 heteroatoms. The van der Waals surface area contributed by atoms with E-state index in [4.69, 9.17) is 28.9 Å². The summed E-state index contributed by atoms with van der Waals surface area (Å²) in [6.07, 6.45) is 0. The standard InChI is InChI=1S/C14H13Cl2NS/c15-11-7-5-10(6-8-11)14(9-17)18-13-4-2-1-3-12(13)16/h1-8,14H,9,17H2. The number of hydrogen-bond donors (Lipinski definition) is 1. The number of benzene rings is 2. The Bertz CT molecular complexity index is 513. The minimum Gasteiger partial charge on any atom is -0.329 e. The number of rotatable bonds is 4. The zero-order chi connectivity index (χ0) is 13.0. The maximum atomic E-state index is 6.16. The van der Waals surface area contributed by atoms with E-state index in [1.165, 1.54) is 0 Å². The number of halogens is 2. The molecule has 2 rings (SSSR count). The van der Waals surface area contributed by atoms with Crippen LogP contribution in [0.4, 0.5) is 0 Å². The van der Waals surface area contributed by atoms with Gasteiger partial charge < -0.3 is 5.73 Å². The third kappa shape index (κ3) is 3.42. The molecule has 18 heavy (non-hydrogen) atoms. The molecule has 1 atom stereocenters. The summed E-state index contributed by atoms with van der Waals surface area (Å²) in [5.74, 6) is 0. The molecule has 0 radical (unpaired) electrons. The molecule has 2 aromatic rings. The topological polar surface area (TPSA) is 26.0 Å². The first-order chi connectivity index (χ1) is 8.70. The van der Waals surface area contributed by atoms with Crippen LogP contribution in [0.2, 0.25) is 10.0 Å². The van der Waals surface area contributed by atoms with Crippen molar-refractivity contribution >= 4 is 35.0 Å². The molecule has 0 aliphatic carbocycles. The van der Waals surface area contributed by atoms with Crippen LogP contribution in [-0.4, -0.2) is 6.54 Å². The number of nitrogens with two attached hydrogens (primary N) is 1. The Balaban J connectivity index is 2.20. The van der Waals surface area contributed by atoms with Gasteiger partial charge in [-0.25, -0.2) is 0 Å². The summed E-state index contributed by atoms with van der Waals surface area (Å²) in [6, 6.07) is 15.6. The zero-order valence-corrected chi connectivity index (χ0v) is 12.0. The van der Waals surface area contributed by atoms with Crippen molar-refractivity contribution in [3.63, 3.8) is 0 Å². The van der Waals surface area contributed by atoms with Gasteiger partial charge in [-0.1, -0.05) is 47.5 Å². The molecular weight excluding hydrogens is 285 g/mol. The highest BCUT2D eigenvalue weighted by Gasteiger charge is 2.12. The second-order valence-electron chi connectivity index (χ2n) is 3.82. The van der Waals surface area contributed by atoms with Gasteiger partial charge >= 0.3 is 0 Å². The quantitative estimate of drug-likeness (QED) is 0.822. The highest BCUT2D eigenvalue weighted by Crippen LogP contribution is 2.38. The highest BCUT2D eigenvalue weighted by atomic mass is 35.5. The monoisotopic (exact) mass is 297 g/mol. The van der Waals surface area contributed by atoms with Gasteiger partial charge in [-0.3, -0.25) is 0 Å². The van der Waals surface area contributed by atoms with Crippen LogP contribution in [0.5, 0.6) is 0 Å². The molecule has 1 nitrogen and oxygen atoms in total. The summed E-state index contributed by atoms with van der Waals surface area (Å²) in [6.45, 7) is 0.553. The van der Waals surface area contributed by atoms with E-state index in [-0.39, 0.29) is 5.25 Å². The van der Waals surface area contributed by atoms with Crippen molar-refractivity contribution in [1.29, 1.82) is 0 Å². The Labute approximate surface area is 121 Å². The SMILES string of the molecule is NCC(Sc1ccccc1Cl)c1ccc(Cl)cc1. The molecular formula is C14H13Cl2NS. The first-order valence-electron chi connectivity index (χ1n) is 5.57.